The minimum atomic E-state index is 0.150. The molecule has 1 aliphatic carbocycles. The molecule has 0 aliphatic heterocycles. The average molecular weight is 261 g/mol. The second-order valence-electron chi connectivity index (χ2n) is 3.42. The van der Waals surface area contributed by atoms with E-state index in [4.69, 9.17) is 17.3 Å². The first-order valence-corrected chi connectivity index (χ1v) is 5.59. The van der Waals surface area contributed by atoms with E-state index in [1.165, 1.54) is 11.1 Å². The van der Waals surface area contributed by atoms with E-state index in [2.05, 4.69) is 15.9 Å². The minimum Gasteiger partial charge on any atom is -0.324 e. The van der Waals surface area contributed by atoms with Gasteiger partial charge in [-0.15, -0.1) is 0 Å². The fourth-order valence-corrected chi connectivity index (χ4v) is 2.83. The van der Waals surface area contributed by atoms with Gasteiger partial charge in [0.15, 0.2) is 0 Å². The third-order valence-electron chi connectivity index (χ3n) is 2.56. The molecule has 0 saturated carbocycles. The number of hydrogen-bond donors (Lipinski definition) is 1. The lowest BCUT2D eigenvalue weighted by atomic mass is 9.88. The lowest BCUT2D eigenvalue weighted by Crippen LogP contribution is -2.18. The second-order valence-corrected chi connectivity index (χ2v) is 4.68. The zero-order valence-electron chi connectivity index (χ0n) is 7.19. The number of fused-ring (bicyclic) bond motifs is 1. The molecule has 0 aromatic heterocycles. The fraction of sp³-hybridized carbons (Fsp3) is 0.400. The van der Waals surface area contributed by atoms with Crippen molar-refractivity contribution >= 4 is 27.5 Å². The molecule has 1 nitrogen and oxygen atoms in total. The third kappa shape index (κ3) is 1.63. The van der Waals surface area contributed by atoms with Gasteiger partial charge in [0.05, 0.1) is 0 Å². The topological polar surface area (TPSA) is 26.0 Å². The van der Waals surface area contributed by atoms with Crippen molar-refractivity contribution in [2.45, 2.75) is 25.3 Å². The fourth-order valence-electron chi connectivity index (χ4n) is 1.91. The Morgan fingerprint density at radius 3 is 2.92 bits per heavy atom. The molecule has 1 aliphatic rings. The van der Waals surface area contributed by atoms with Gasteiger partial charge in [0, 0.05) is 15.5 Å². The Bertz CT molecular complexity index is 338. The van der Waals surface area contributed by atoms with Crippen molar-refractivity contribution in [2.75, 3.05) is 0 Å². The van der Waals surface area contributed by atoms with Gasteiger partial charge < -0.3 is 5.73 Å². The Balaban J connectivity index is 2.60. The van der Waals surface area contributed by atoms with E-state index in [1.807, 2.05) is 12.1 Å². The number of nitrogens with two attached hydrogens (primary N) is 1. The summed E-state index contributed by atoms with van der Waals surface area (Å²) < 4.78 is 1.10. The second kappa shape index (κ2) is 3.60. The van der Waals surface area contributed by atoms with Gasteiger partial charge in [-0.1, -0.05) is 27.5 Å². The van der Waals surface area contributed by atoms with E-state index >= 15 is 0 Å². The molecule has 1 aromatic rings. The summed E-state index contributed by atoms with van der Waals surface area (Å²) in [4.78, 5) is 0. The zero-order chi connectivity index (χ0) is 9.42. The normalized spacial score (nSPS) is 21.3. The highest BCUT2D eigenvalue weighted by atomic mass is 79.9. The van der Waals surface area contributed by atoms with Crippen molar-refractivity contribution in [1.82, 2.24) is 0 Å². The molecular weight excluding hydrogens is 249 g/mol. The molecule has 0 saturated heterocycles. The van der Waals surface area contributed by atoms with Crippen molar-refractivity contribution in [3.63, 3.8) is 0 Å². The third-order valence-corrected chi connectivity index (χ3v) is 3.61. The van der Waals surface area contributed by atoms with Crippen LogP contribution in [-0.4, -0.2) is 0 Å². The average Bonchev–Trinajstić information content (AvgIpc) is 2.12. The molecule has 1 atom stereocenters. The van der Waals surface area contributed by atoms with Crippen LogP contribution in [0.25, 0.3) is 0 Å². The lowest BCUT2D eigenvalue weighted by Gasteiger charge is -2.24. The Morgan fingerprint density at radius 1 is 1.46 bits per heavy atom. The predicted octanol–water partition coefficient (Wildman–Crippen LogP) is 3.44. The van der Waals surface area contributed by atoms with Gasteiger partial charge in [-0.2, -0.15) is 0 Å². The van der Waals surface area contributed by atoms with E-state index in [1.54, 1.807) is 0 Å². The van der Waals surface area contributed by atoms with E-state index in [0.29, 0.717) is 0 Å². The van der Waals surface area contributed by atoms with Crippen LogP contribution in [0.3, 0.4) is 0 Å². The summed E-state index contributed by atoms with van der Waals surface area (Å²) in [6.07, 6.45) is 3.26. The van der Waals surface area contributed by atoms with Crippen molar-refractivity contribution in [1.29, 1.82) is 0 Å². The van der Waals surface area contributed by atoms with Gasteiger partial charge in [0.1, 0.15) is 0 Å². The molecule has 3 heteroatoms. The Labute approximate surface area is 91.4 Å². The maximum Gasteiger partial charge on any atom is 0.0442 e. The van der Waals surface area contributed by atoms with E-state index in [0.717, 1.165) is 28.8 Å². The van der Waals surface area contributed by atoms with Crippen LogP contribution >= 0.6 is 27.5 Å². The van der Waals surface area contributed by atoms with Gasteiger partial charge in [-0.25, -0.2) is 0 Å². The number of rotatable bonds is 0. The Morgan fingerprint density at radius 2 is 2.23 bits per heavy atom. The highest BCUT2D eigenvalue weighted by Gasteiger charge is 2.21. The molecule has 0 radical (unpaired) electrons. The summed E-state index contributed by atoms with van der Waals surface area (Å²) in [7, 11) is 0. The maximum atomic E-state index is 6.10. The molecule has 2 N–H and O–H groups in total. The van der Waals surface area contributed by atoms with Crippen molar-refractivity contribution in [2.24, 2.45) is 5.73 Å². The summed E-state index contributed by atoms with van der Waals surface area (Å²) in [6.45, 7) is 0. The quantitative estimate of drug-likeness (QED) is 0.760. The van der Waals surface area contributed by atoms with Gasteiger partial charge in [-0.3, -0.25) is 0 Å². The summed E-state index contributed by atoms with van der Waals surface area (Å²) in [5, 5.41) is 0.855. The van der Waals surface area contributed by atoms with E-state index in [9.17, 15) is 0 Å². The standard InChI is InChI=1S/C10H11BrClN/c11-7-4-5-8(12)6-2-1-3-9(13)10(6)7/h4-5,9H,1-3,13H2. The van der Waals surface area contributed by atoms with Crippen LogP contribution in [0.1, 0.15) is 30.0 Å². The van der Waals surface area contributed by atoms with Crippen molar-refractivity contribution in [3.8, 4) is 0 Å². The van der Waals surface area contributed by atoms with Crippen LogP contribution in [-0.2, 0) is 6.42 Å². The highest BCUT2D eigenvalue weighted by Crippen LogP contribution is 2.37. The molecule has 70 valence electrons. The van der Waals surface area contributed by atoms with Crippen LogP contribution < -0.4 is 5.73 Å². The van der Waals surface area contributed by atoms with Gasteiger partial charge in [0.2, 0.25) is 0 Å². The van der Waals surface area contributed by atoms with Gasteiger partial charge >= 0.3 is 0 Å². The largest absolute Gasteiger partial charge is 0.324 e. The maximum absolute atomic E-state index is 6.10. The van der Waals surface area contributed by atoms with Crippen molar-refractivity contribution < 1.29 is 0 Å². The SMILES string of the molecule is NC1CCCc2c(Cl)ccc(Br)c21. The summed E-state index contributed by atoms with van der Waals surface area (Å²) in [6, 6.07) is 4.06. The first-order chi connectivity index (χ1) is 6.20. The molecule has 0 heterocycles. The van der Waals surface area contributed by atoms with Crippen LogP contribution in [0.2, 0.25) is 5.02 Å². The number of halogens is 2. The smallest absolute Gasteiger partial charge is 0.0442 e. The monoisotopic (exact) mass is 259 g/mol. The first kappa shape index (κ1) is 9.50. The minimum absolute atomic E-state index is 0.150. The first-order valence-electron chi connectivity index (χ1n) is 4.42. The molecule has 1 aromatic carbocycles. The Hall–Kier alpha value is -0.0500. The molecule has 0 fully saturated rings. The summed E-state index contributed by atoms with van der Waals surface area (Å²) >= 11 is 9.62. The summed E-state index contributed by atoms with van der Waals surface area (Å²) in [5.41, 5.74) is 8.47. The number of benzene rings is 1. The van der Waals surface area contributed by atoms with Crippen LogP contribution in [0, 0.1) is 0 Å². The van der Waals surface area contributed by atoms with Gasteiger partial charge in [0.25, 0.3) is 0 Å². The highest BCUT2D eigenvalue weighted by molar-refractivity contribution is 9.10. The van der Waals surface area contributed by atoms with Gasteiger partial charge in [-0.05, 0) is 42.5 Å². The molecule has 2 rings (SSSR count). The molecule has 13 heavy (non-hydrogen) atoms. The van der Waals surface area contributed by atoms with E-state index < -0.39 is 0 Å². The zero-order valence-corrected chi connectivity index (χ0v) is 9.53. The number of hydrogen-bond acceptors (Lipinski definition) is 1. The molecule has 0 amide bonds. The van der Waals surface area contributed by atoms with Crippen LogP contribution in [0.15, 0.2) is 16.6 Å². The predicted molar refractivity (Wildman–Crippen MR) is 59.0 cm³/mol. The molecule has 0 bridgehead atoms. The van der Waals surface area contributed by atoms with E-state index in [-0.39, 0.29) is 6.04 Å². The van der Waals surface area contributed by atoms with Crippen LogP contribution in [0.4, 0.5) is 0 Å². The molecule has 0 spiro atoms. The lowest BCUT2D eigenvalue weighted by molar-refractivity contribution is 0.568. The Kier molecular flexibility index (Phi) is 2.63. The summed E-state index contributed by atoms with van der Waals surface area (Å²) in [5.74, 6) is 0. The molecular formula is C10H11BrClN. The van der Waals surface area contributed by atoms with Crippen molar-refractivity contribution in [3.05, 3.63) is 32.8 Å². The molecule has 1 unspecified atom stereocenters. The van der Waals surface area contributed by atoms with Crippen LogP contribution in [0.5, 0.6) is 0 Å².